The molecule has 2 heterocycles. The summed E-state index contributed by atoms with van der Waals surface area (Å²) in [6, 6.07) is 2.51. The molecular formula is C15H20N4O5. The average Bonchev–Trinajstić information content (AvgIpc) is 2.90. The molecule has 0 bridgehead atoms. The van der Waals surface area contributed by atoms with Gasteiger partial charge in [-0.15, -0.1) is 0 Å². The van der Waals surface area contributed by atoms with E-state index >= 15 is 0 Å². The van der Waals surface area contributed by atoms with Crippen molar-refractivity contribution < 1.29 is 19.4 Å². The van der Waals surface area contributed by atoms with Gasteiger partial charge in [0.2, 0.25) is 0 Å². The van der Waals surface area contributed by atoms with Gasteiger partial charge in [-0.2, -0.15) is 0 Å². The molecule has 9 heteroatoms. The second-order valence-electron chi connectivity index (χ2n) is 6.29. The zero-order valence-corrected chi connectivity index (χ0v) is 13.7. The molecule has 1 amide bonds. The fourth-order valence-electron chi connectivity index (χ4n) is 2.12. The van der Waals surface area contributed by atoms with Gasteiger partial charge in [0, 0.05) is 12.6 Å². The maximum Gasteiger partial charge on any atom is 0.408 e. The number of carbonyl (C=O) groups excluding carboxylic acids is 1. The molecule has 0 saturated heterocycles. The number of fused-ring (bicyclic) bond motifs is 1. The molecule has 0 aromatic carbocycles. The molecule has 9 nitrogen and oxygen atoms in total. The van der Waals surface area contributed by atoms with Crippen molar-refractivity contribution in [2.75, 3.05) is 0 Å². The highest BCUT2D eigenvalue weighted by Gasteiger charge is 2.23. The van der Waals surface area contributed by atoms with Crippen LogP contribution in [-0.2, 0) is 9.53 Å². The van der Waals surface area contributed by atoms with Gasteiger partial charge in [-0.25, -0.2) is 14.6 Å². The molecule has 0 fully saturated rings. The predicted octanol–water partition coefficient (Wildman–Crippen LogP) is 1.45. The third-order valence-electron chi connectivity index (χ3n) is 3.08. The van der Waals surface area contributed by atoms with Crippen molar-refractivity contribution in [2.24, 2.45) is 0 Å². The number of nitrogens with zero attached hydrogens (tertiary/aromatic N) is 2. The van der Waals surface area contributed by atoms with E-state index in [9.17, 15) is 14.4 Å². The number of alkyl carbamates (subject to hydrolysis) is 1. The van der Waals surface area contributed by atoms with Crippen molar-refractivity contribution in [3.05, 3.63) is 34.6 Å². The number of nitrogens with one attached hydrogen (secondary N) is 2. The number of H-pyrrole nitrogens is 1. The molecule has 0 aliphatic carbocycles. The summed E-state index contributed by atoms with van der Waals surface area (Å²) in [5.41, 5.74) is -0.723. The fraction of sp³-hybridized carbons (Fsp3) is 0.467. The zero-order chi connectivity index (χ0) is 17.9. The van der Waals surface area contributed by atoms with Gasteiger partial charge in [0.05, 0.1) is 6.04 Å². The number of aliphatic carboxylic acids is 1. The van der Waals surface area contributed by atoms with Gasteiger partial charge in [-0.05, 0) is 39.3 Å². The first-order valence-corrected chi connectivity index (χ1v) is 7.44. The van der Waals surface area contributed by atoms with Crippen molar-refractivity contribution in [3.8, 4) is 0 Å². The molecule has 1 atom stereocenters. The van der Waals surface area contributed by atoms with E-state index in [1.807, 2.05) is 0 Å². The topological polar surface area (TPSA) is 126 Å². The van der Waals surface area contributed by atoms with Gasteiger partial charge in [0.15, 0.2) is 0 Å². The van der Waals surface area contributed by atoms with E-state index in [1.54, 1.807) is 39.1 Å². The second-order valence-corrected chi connectivity index (χ2v) is 6.29. The highest BCUT2D eigenvalue weighted by Crippen LogP contribution is 2.16. The Kier molecular flexibility index (Phi) is 4.91. The van der Waals surface area contributed by atoms with Crippen LogP contribution in [0.1, 0.15) is 45.5 Å². The minimum Gasteiger partial charge on any atom is -0.481 e. The van der Waals surface area contributed by atoms with Crippen molar-refractivity contribution in [1.29, 1.82) is 0 Å². The summed E-state index contributed by atoms with van der Waals surface area (Å²) >= 11 is 0. The van der Waals surface area contributed by atoms with Gasteiger partial charge in [-0.3, -0.25) is 14.2 Å². The molecule has 0 saturated carbocycles. The molecule has 2 aromatic heterocycles. The lowest BCUT2D eigenvalue weighted by Crippen LogP contribution is -2.36. The van der Waals surface area contributed by atoms with Crippen LogP contribution in [0.15, 0.2) is 23.1 Å². The lowest BCUT2D eigenvalue weighted by Gasteiger charge is -2.23. The molecule has 0 aliphatic heterocycles. The van der Waals surface area contributed by atoms with Crippen LogP contribution in [0.2, 0.25) is 0 Å². The Bertz CT molecular complexity index is 802. The number of rotatable bonds is 5. The molecule has 24 heavy (non-hydrogen) atoms. The van der Waals surface area contributed by atoms with Crippen molar-refractivity contribution in [1.82, 2.24) is 19.7 Å². The maximum absolute atomic E-state index is 12.0. The quantitative estimate of drug-likeness (QED) is 0.759. The minimum absolute atomic E-state index is 0.0639. The van der Waals surface area contributed by atoms with E-state index < -0.39 is 29.4 Å². The smallest absolute Gasteiger partial charge is 0.408 e. The Morgan fingerprint density at radius 1 is 1.46 bits per heavy atom. The highest BCUT2D eigenvalue weighted by molar-refractivity contribution is 5.69. The summed E-state index contributed by atoms with van der Waals surface area (Å²) < 4.78 is 6.49. The molecule has 3 N–H and O–H groups in total. The van der Waals surface area contributed by atoms with Crippen LogP contribution in [0, 0.1) is 0 Å². The lowest BCUT2D eigenvalue weighted by molar-refractivity contribution is -0.137. The number of ether oxygens (including phenoxy) is 1. The highest BCUT2D eigenvalue weighted by atomic mass is 16.6. The Morgan fingerprint density at radius 2 is 2.17 bits per heavy atom. The first-order valence-electron chi connectivity index (χ1n) is 7.44. The van der Waals surface area contributed by atoms with Crippen LogP contribution < -0.4 is 11.0 Å². The van der Waals surface area contributed by atoms with Gasteiger partial charge >= 0.3 is 17.8 Å². The molecule has 2 rings (SSSR count). The fourth-order valence-corrected chi connectivity index (χ4v) is 2.12. The van der Waals surface area contributed by atoms with Gasteiger partial charge in [0.1, 0.15) is 17.1 Å². The summed E-state index contributed by atoms with van der Waals surface area (Å²) in [6.45, 7) is 5.14. The number of amides is 1. The Hall–Kier alpha value is -2.84. The predicted molar refractivity (Wildman–Crippen MR) is 84.8 cm³/mol. The average molecular weight is 336 g/mol. The molecule has 0 aliphatic rings. The number of carbonyl (C=O) groups is 2. The third-order valence-corrected chi connectivity index (χ3v) is 3.08. The summed E-state index contributed by atoms with van der Waals surface area (Å²) in [4.78, 5) is 41.7. The molecule has 0 spiro atoms. The van der Waals surface area contributed by atoms with Crippen LogP contribution in [0.25, 0.3) is 5.65 Å². The molecule has 0 radical (unpaired) electrons. The van der Waals surface area contributed by atoms with Crippen molar-refractivity contribution in [3.63, 3.8) is 0 Å². The molecular weight excluding hydrogens is 316 g/mol. The molecule has 0 unspecified atom stereocenters. The Balaban J connectivity index is 2.28. The van der Waals surface area contributed by atoms with E-state index in [2.05, 4.69) is 15.3 Å². The molecule has 2 aromatic rings. The van der Waals surface area contributed by atoms with Gasteiger partial charge in [-0.1, -0.05) is 0 Å². The van der Waals surface area contributed by atoms with Crippen molar-refractivity contribution in [2.45, 2.75) is 45.3 Å². The summed E-state index contributed by atoms with van der Waals surface area (Å²) in [5, 5.41) is 11.4. The lowest BCUT2D eigenvalue weighted by atomic mass is 10.1. The second kappa shape index (κ2) is 6.73. The van der Waals surface area contributed by atoms with Crippen molar-refractivity contribution >= 4 is 17.7 Å². The summed E-state index contributed by atoms with van der Waals surface area (Å²) in [7, 11) is 0. The van der Waals surface area contributed by atoms with Crippen LogP contribution in [0.5, 0.6) is 0 Å². The number of carboxylic acids is 1. The zero-order valence-electron chi connectivity index (χ0n) is 13.7. The number of carboxylic acid groups (broad SMARTS) is 1. The summed E-state index contributed by atoms with van der Waals surface area (Å²) in [6.07, 6.45) is 0.708. The van der Waals surface area contributed by atoms with E-state index in [1.165, 1.54) is 4.40 Å². The van der Waals surface area contributed by atoms with E-state index in [4.69, 9.17) is 9.84 Å². The number of hydrogen-bond donors (Lipinski definition) is 3. The first-order chi connectivity index (χ1) is 11.2. The standard InChI is InChI=1S/C15H20N4O5/c1-15(2,3)24-14(23)16-9(6-7-11(20)21)12-17-10-5-4-8-19(10)13(22)18-12/h4-5,8-9H,6-7H2,1-3H3,(H,16,23)(H,20,21)(H,17,18,22)/t9-/m0/s1. The van der Waals surface area contributed by atoms with E-state index in [0.717, 1.165) is 0 Å². The summed E-state index contributed by atoms with van der Waals surface area (Å²) in [5.74, 6) is -0.838. The maximum atomic E-state index is 12.0. The van der Waals surface area contributed by atoms with Crippen LogP contribution in [0.3, 0.4) is 0 Å². The normalized spacial score (nSPS) is 12.8. The van der Waals surface area contributed by atoms with Crippen LogP contribution in [-0.4, -0.2) is 37.1 Å². The SMILES string of the molecule is CC(C)(C)OC(=O)N[C@@H](CCC(=O)O)c1nc2cccn2c(=O)[nH]1. The third kappa shape index (κ3) is 4.58. The van der Waals surface area contributed by atoms with E-state index in [0.29, 0.717) is 5.65 Å². The first kappa shape index (κ1) is 17.5. The Morgan fingerprint density at radius 3 is 2.79 bits per heavy atom. The molecule has 130 valence electrons. The minimum atomic E-state index is -1.02. The van der Waals surface area contributed by atoms with E-state index in [-0.39, 0.29) is 18.7 Å². The number of hydrogen-bond acceptors (Lipinski definition) is 5. The van der Waals surface area contributed by atoms with Gasteiger partial charge in [0.25, 0.3) is 0 Å². The monoisotopic (exact) mass is 336 g/mol. The number of aromatic nitrogens is 3. The largest absolute Gasteiger partial charge is 0.481 e. The van der Waals surface area contributed by atoms with Crippen LogP contribution >= 0.6 is 0 Å². The van der Waals surface area contributed by atoms with Crippen LogP contribution in [0.4, 0.5) is 4.79 Å². The van der Waals surface area contributed by atoms with Gasteiger partial charge < -0.3 is 15.2 Å². The Labute approximate surface area is 137 Å². The number of aromatic amines is 1.